The predicted octanol–water partition coefficient (Wildman–Crippen LogP) is 1.05. The van der Waals surface area contributed by atoms with Crippen LogP contribution in [0.3, 0.4) is 0 Å². The maximum Gasteiger partial charge on any atom is 0.328 e. The van der Waals surface area contributed by atoms with Gasteiger partial charge in [-0.25, -0.2) is 13.2 Å². The summed E-state index contributed by atoms with van der Waals surface area (Å²) in [4.78, 5) is 10.4. The molecular formula is C14H15NO5S. The summed E-state index contributed by atoms with van der Waals surface area (Å²) in [6.07, 6.45) is 7.34. The molecule has 0 unspecified atom stereocenters. The van der Waals surface area contributed by atoms with Gasteiger partial charge in [-0.1, -0.05) is 12.0 Å². The summed E-state index contributed by atoms with van der Waals surface area (Å²) in [5.74, 6) is 1.28. The Morgan fingerprint density at radius 2 is 2.19 bits per heavy atom. The van der Waals surface area contributed by atoms with E-state index >= 15 is 0 Å². The minimum absolute atomic E-state index is 0.0738. The highest BCUT2D eigenvalue weighted by molar-refractivity contribution is 7.89. The molecule has 0 saturated carbocycles. The zero-order valence-corrected chi connectivity index (χ0v) is 12.4. The third-order valence-corrected chi connectivity index (χ3v) is 4.43. The Bertz CT molecular complexity index is 701. The molecule has 0 fully saturated rings. The molecule has 6 nitrogen and oxygen atoms in total. The van der Waals surface area contributed by atoms with Crippen molar-refractivity contribution in [3.05, 3.63) is 29.8 Å². The highest BCUT2D eigenvalue weighted by atomic mass is 32.2. The Morgan fingerprint density at radius 3 is 2.71 bits per heavy atom. The molecule has 21 heavy (non-hydrogen) atoms. The Morgan fingerprint density at radius 1 is 1.52 bits per heavy atom. The molecule has 0 aliphatic heterocycles. The monoisotopic (exact) mass is 309 g/mol. The summed E-state index contributed by atoms with van der Waals surface area (Å²) in [5, 5.41) is 8.60. The molecule has 1 aromatic carbocycles. The number of carboxylic acid groups (broad SMARTS) is 1. The van der Waals surface area contributed by atoms with Gasteiger partial charge in [0.15, 0.2) is 0 Å². The van der Waals surface area contributed by atoms with Gasteiger partial charge in [-0.15, -0.1) is 6.42 Å². The number of methoxy groups -OCH3 is 1. The van der Waals surface area contributed by atoms with Crippen LogP contribution in [0.2, 0.25) is 0 Å². The third-order valence-electron chi connectivity index (χ3n) is 2.61. The van der Waals surface area contributed by atoms with Crippen molar-refractivity contribution in [2.24, 2.45) is 0 Å². The second-order valence-corrected chi connectivity index (χ2v) is 6.06. The average Bonchev–Trinajstić information content (AvgIpc) is 2.44. The van der Waals surface area contributed by atoms with Gasteiger partial charge in [0.25, 0.3) is 0 Å². The molecule has 0 amide bonds. The standard InChI is InChI=1S/C14H15NO5S/c1-4-9-15(2)21(18,19)13-10-11(6-8-14(16)17)5-7-12(13)20-3/h1,5-8,10H,9H2,2-3H3,(H,16,17)/b8-6+. The Labute approximate surface area is 123 Å². The van der Waals surface area contributed by atoms with Crippen molar-refractivity contribution in [2.45, 2.75) is 4.90 Å². The van der Waals surface area contributed by atoms with Crippen molar-refractivity contribution < 1.29 is 23.1 Å². The van der Waals surface area contributed by atoms with Crippen molar-refractivity contribution in [1.29, 1.82) is 0 Å². The van der Waals surface area contributed by atoms with Gasteiger partial charge in [0.05, 0.1) is 13.7 Å². The molecule has 0 saturated heterocycles. The molecule has 0 aliphatic carbocycles. The first kappa shape index (κ1) is 16.8. The molecule has 0 bridgehead atoms. The number of rotatable bonds is 6. The lowest BCUT2D eigenvalue weighted by molar-refractivity contribution is -0.131. The molecular weight excluding hydrogens is 294 g/mol. The number of sulfonamides is 1. The number of benzene rings is 1. The fourth-order valence-electron chi connectivity index (χ4n) is 1.55. The highest BCUT2D eigenvalue weighted by Crippen LogP contribution is 2.27. The van der Waals surface area contributed by atoms with E-state index in [2.05, 4.69) is 5.92 Å². The highest BCUT2D eigenvalue weighted by Gasteiger charge is 2.24. The second-order valence-electron chi connectivity index (χ2n) is 4.05. The van der Waals surface area contributed by atoms with E-state index in [1.165, 1.54) is 32.4 Å². The summed E-state index contributed by atoms with van der Waals surface area (Å²) < 4.78 is 30.9. The molecule has 0 radical (unpaired) electrons. The quantitative estimate of drug-likeness (QED) is 0.627. The van der Waals surface area contributed by atoms with E-state index in [4.69, 9.17) is 16.3 Å². The van der Waals surface area contributed by atoms with Crippen LogP contribution in [-0.4, -0.2) is 44.5 Å². The molecule has 1 aromatic rings. The van der Waals surface area contributed by atoms with Crippen molar-refractivity contribution in [3.8, 4) is 18.1 Å². The van der Waals surface area contributed by atoms with Crippen LogP contribution >= 0.6 is 0 Å². The van der Waals surface area contributed by atoms with Crippen molar-refractivity contribution in [1.82, 2.24) is 4.31 Å². The maximum absolute atomic E-state index is 12.4. The van der Waals surface area contributed by atoms with E-state index in [0.717, 1.165) is 10.4 Å². The first-order valence-corrected chi connectivity index (χ1v) is 7.25. The Hall–Kier alpha value is -2.30. The summed E-state index contributed by atoms with van der Waals surface area (Å²) in [5.41, 5.74) is 0.422. The van der Waals surface area contributed by atoms with Crippen molar-refractivity contribution in [3.63, 3.8) is 0 Å². The van der Waals surface area contributed by atoms with Crippen molar-refractivity contribution in [2.75, 3.05) is 20.7 Å². The first-order valence-electron chi connectivity index (χ1n) is 5.81. The zero-order valence-electron chi connectivity index (χ0n) is 11.6. The van der Waals surface area contributed by atoms with Gasteiger partial charge in [-0.05, 0) is 23.8 Å². The molecule has 0 aliphatic rings. The van der Waals surface area contributed by atoms with Crippen LogP contribution in [0.1, 0.15) is 5.56 Å². The molecule has 112 valence electrons. The number of ether oxygens (including phenoxy) is 1. The van der Waals surface area contributed by atoms with Crippen LogP contribution in [0.4, 0.5) is 0 Å². The number of hydrogen-bond acceptors (Lipinski definition) is 4. The molecule has 1 rings (SSSR count). The first-order chi connectivity index (χ1) is 9.82. The number of hydrogen-bond donors (Lipinski definition) is 1. The van der Waals surface area contributed by atoms with Gasteiger partial charge < -0.3 is 9.84 Å². The Kier molecular flexibility index (Phi) is 5.52. The van der Waals surface area contributed by atoms with E-state index < -0.39 is 16.0 Å². The van der Waals surface area contributed by atoms with Gasteiger partial charge in [0, 0.05) is 13.1 Å². The van der Waals surface area contributed by atoms with Crippen molar-refractivity contribution >= 4 is 22.1 Å². The smallest absolute Gasteiger partial charge is 0.328 e. The lowest BCUT2D eigenvalue weighted by Crippen LogP contribution is -2.27. The number of nitrogens with zero attached hydrogens (tertiary/aromatic N) is 1. The van der Waals surface area contributed by atoms with E-state index in [1.54, 1.807) is 6.07 Å². The molecule has 7 heteroatoms. The number of carboxylic acids is 1. The van der Waals surface area contributed by atoms with E-state index in [1.807, 2.05) is 0 Å². The summed E-state index contributed by atoms with van der Waals surface area (Å²) in [6, 6.07) is 4.34. The Balaban J connectivity index is 3.36. The summed E-state index contributed by atoms with van der Waals surface area (Å²) >= 11 is 0. The lowest BCUT2D eigenvalue weighted by Gasteiger charge is -2.17. The van der Waals surface area contributed by atoms with Gasteiger partial charge >= 0.3 is 5.97 Å². The molecule has 1 N–H and O–H groups in total. The molecule has 0 atom stereocenters. The summed E-state index contributed by atoms with van der Waals surface area (Å²) in [6.45, 7) is -0.0827. The van der Waals surface area contributed by atoms with E-state index in [9.17, 15) is 13.2 Å². The number of aliphatic carboxylic acids is 1. The number of carbonyl (C=O) groups is 1. The van der Waals surface area contributed by atoms with Gasteiger partial charge in [-0.2, -0.15) is 4.31 Å². The van der Waals surface area contributed by atoms with Gasteiger partial charge in [0.2, 0.25) is 10.0 Å². The SMILES string of the molecule is C#CCN(C)S(=O)(=O)c1cc(/C=C/C(=O)O)ccc1OC. The average molecular weight is 309 g/mol. The van der Waals surface area contributed by atoms with Crippen LogP contribution in [0, 0.1) is 12.3 Å². The molecule has 0 aromatic heterocycles. The summed E-state index contributed by atoms with van der Waals surface area (Å²) in [7, 11) is -1.12. The van der Waals surface area contributed by atoms with Crippen LogP contribution in [-0.2, 0) is 14.8 Å². The predicted molar refractivity (Wildman–Crippen MR) is 78.3 cm³/mol. The van der Waals surface area contributed by atoms with E-state index in [-0.39, 0.29) is 17.2 Å². The topological polar surface area (TPSA) is 83.9 Å². The van der Waals surface area contributed by atoms with E-state index in [0.29, 0.717) is 5.56 Å². The van der Waals surface area contributed by atoms with Gasteiger partial charge in [0.1, 0.15) is 10.6 Å². The zero-order chi connectivity index (χ0) is 16.0. The third kappa shape index (κ3) is 4.08. The fourth-order valence-corrected chi connectivity index (χ4v) is 2.82. The lowest BCUT2D eigenvalue weighted by atomic mass is 10.2. The largest absolute Gasteiger partial charge is 0.495 e. The van der Waals surface area contributed by atoms with Gasteiger partial charge in [-0.3, -0.25) is 0 Å². The second kappa shape index (κ2) is 6.92. The normalized spacial score (nSPS) is 11.5. The minimum Gasteiger partial charge on any atom is -0.495 e. The molecule has 0 spiro atoms. The van der Waals surface area contributed by atoms with Crippen LogP contribution < -0.4 is 4.74 Å². The van der Waals surface area contributed by atoms with Crippen LogP contribution in [0.25, 0.3) is 6.08 Å². The van der Waals surface area contributed by atoms with Crippen LogP contribution in [0.5, 0.6) is 5.75 Å². The van der Waals surface area contributed by atoms with Crippen LogP contribution in [0.15, 0.2) is 29.2 Å². The maximum atomic E-state index is 12.4. The minimum atomic E-state index is -3.82. The fraction of sp³-hybridized carbons (Fsp3) is 0.214. The number of terminal acetylenes is 1. The molecule has 0 heterocycles.